The number of aldehydes is 1. The Morgan fingerprint density at radius 1 is 1.25 bits per heavy atom. The van der Waals surface area contributed by atoms with Crippen LogP contribution in [0.25, 0.3) is 0 Å². The number of hydrogen-bond acceptors (Lipinski definition) is 3. The summed E-state index contributed by atoms with van der Waals surface area (Å²) in [5.41, 5.74) is -0.808. The molecule has 0 spiro atoms. The van der Waals surface area contributed by atoms with Gasteiger partial charge in [0.05, 0.1) is 0 Å². The lowest BCUT2D eigenvalue weighted by Crippen LogP contribution is -2.51. The monoisotopic (exact) mass is 281 g/mol. The highest BCUT2D eigenvalue weighted by atomic mass is 16.6. The Labute approximate surface area is 121 Å². The van der Waals surface area contributed by atoms with Gasteiger partial charge in [-0.15, -0.1) is 0 Å². The average molecular weight is 281 g/mol. The van der Waals surface area contributed by atoms with Gasteiger partial charge in [0.2, 0.25) is 0 Å². The van der Waals surface area contributed by atoms with Crippen molar-refractivity contribution in [2.45, 2.75) is 64.9 Å². The van der Waals surface area contributed by atoms with Crippen LogP contribution in [-0.4, -0.2) is 36.0 Å². The largest absolute Gasteiger partial charge is 0.444 e. The van der Waals surface area contributed by atoms with Crippen molar-refractivity contribution in [1.82, 2.24) is 4.90 Å². The van der Waals surface area contributed by atoms with E-state index >= 15 is 0 Å². The molecule has 0 N–H and O–H groups in total. The van der Waals surface area contributed by atoms with Gasteiger partial charge in [-0.3, -0.25) is 0 Å². The lowest BCUT2D eigenvalue weighted by atomic mass is 9.70. The van der Waals surface area contributed by atoms with E-state index in [1.165, 1.54) is 12.8 Å². The van der Waals surface area contributed by atoms with Crippen LogP contribution >= 0.6 is 0 Å². The van der Waals surface area contributed by atoms with Crippen LogP contribution in [0, 0.1) is 11.3 Å². The van der Waals surface area contributed by atoms with Crippen molar-refractivity contribution in [2.75, 3.05) is 13.1 Å². The second-order valence-corrected chi connectivity index (χ2v) is 7.34. The zero-order valence-electron chi connectivity index (χ0n) is 13.0. The van der Waals surface area contributed by atoms with E-state index in [1.807, 2.05) is 20.8 Å². The molecule has 0 aromatic carbocycles. The van der Waals surface area contributed by atoms with Gasteiger partial charge < -0.3 is 14.4 Å². The van der Waals surface area contributed by atoms with Gasteiger partial charge in [0.1, 0.15) is 11.9 Å². The van der Waals surface area contributed by atoms with Crippen LogP contribution < -0.4 is 0 Å². The summed E-state index contributed by atoms with van der Waals surface area (Å²) >= 11 is 0. The molecule has 1 aliphatic heterocycles. The SMILES string of the molecule is CC(C)(C)OC(=O)N1CCCC(C=O)(C2CCCC2)C1. The van der Waals surface area contributed by atoms with Gasteiger partial charge in [-0.2, -0.15) is 0 Å². The number of amides is 1. The third-order valence-corrected chi connectivity index (χ3v) is 4.61. The fourth-order valence-electron chi connectivity index (χ4n) is 3.62. The molecule has 1 atom stereocenters. The molecule has 2 fully saturated rings. The topological polar surface area (TPSA) is 46.6 Å². The number of ether oxygens (including phenoxy) is 1. The number of rotatable bonds is 2. The van der Waals surface area contributed by atoms with Crippen molar-refractivity contribution in [2.24, 2.45) is 11.3 Å². The molecular weight excluding hydrogens is 254 g/mol. The molecule has 1 saturated carbocycles. The fraction of sp³-hybridized carbons (Fsp3) is 0.875. The number of nitrogens with zero attached hydrogens (tertiary/aromatic N) is 1. The van der Waals surface area contributed by atoms with Crippen molar-refractivity contribution >= 4 is 12.4 Å². The van der Waals surface area contributed by atoms with Gasteiger partial charge in [0.15, 0.2) is 0 Å². The Morgan fingerprint density at radius 2 is 1.90 bits per heavy atom. The van der Waals surface area contributed by atoms with Crippen molar-refractivity contribution < 1.29 is 14.3 Å². The van der Waals surface area contributed by atoms with Gasteiger partial charge >= 0.3 is 6.09 Å². The highest BCUT2D eigenvalue weighted by molar-refractivity contribution is 5.70. The summed E-state index contributed by atoms with van der Waals surface area (Å²) in [5.74, 6) is 0.449. The van der Waals surface area contributed by atoms with Crippen LogP contribution in [0.4, 0.5) is 4.79 Å². The number of hydrogen-bond donors (Lipinski definition) is 0. The van der Waals surface area contributed by atoms with Crippen molar-refractivity contribution in [3.05, 3.63) is 0 Å². The Hall–Kier alpha value is -1.06. The van der Waals surface area contributed by atoms with Gasteiger partial charge in [-0.05, 0) is 52.4 Å². The molecule has 1 unspecified atom stereocenters. The van der Waals surface area contributed by atoms with Crippen molar-refractivity contribution in [1.29, 1.82) is 0 Å². The highest BCUT2D eigenvalue weighted by Gasteiger charge is 2.44. The first-order chi connectivity index (χ1) is 9.36. The first-order valence-corrected chi connectivity index (χ1v) is 7.81. The second-order valence-electron chi connectivity index (χ2n) is 7.34. The molecule has 0 radical (unpaired) electrons. The molecule has 4 nitrogen and oxygen atoms in total. The average Bonchev–Trinajstić information content (AvgIpc) is 2.91. The van der Waals surface area contributed by atoms with Crippen LogP contribution in [0.1, 0.15) is 59.3 Å². The summed E-state index contributed by atoms with van der Waals surface area (Å²) in [6.45, 7) is 6.86. The molecule has 1 aliphatic carbocycles. The summed E-state index contributed by atoms with van der Waals surface area (Å²) in [6, 6.07) is 0. The number of piperidine rings is 1. The maximum atomic E-state index is 12.2. The van der Waals surface area contributed by atoms with E-state index in [2.05, 4.69) is 0 Å². The van der Waals surface area contributed by atoms with Crippen LogP contribution in [0.5, 0.6) is 0 Å². The molecule has 114 valence electrons. The Bertz CT molecular complexity index is 368. The van der Waals surface area contributed by atoms with Crippen LogP contribution in [-0.2, 0) is 9.53 Å². The summed E-state index contributed by atoms with van der Waals surface area (Å²) in [7, 11) is 0. The number of carbonyl (C=O) groups is 2. The zero-order chi connectivity index (χ0) is 14.8. The maximum Gasteiger partial charge on any atom is 0.410 e. The van der Waals surface area contributed by atoms with Crippen molar-refractivity contribution in [3.63, 3.8) is 0 Å². The molecule has 0 aromatic rings. The summed E-state index contributed by atoms with van der Waals surface area (Å²) in [4.78, 5) is 25.7. The minimum Gasteiger partial charge on any atom is -0.444 e. The van der Waals surface area contributed by atoms with E-state index in [9.17, 15) is 9.59 Å². The number of likely N-dealkylation sites (tertiary alicyclic amines) is 1. The molecule has 0 bridgehead atoms. The van der Waals surface area contributed by atoms with E-state index in [0.29, 0.717) is 19.0 Å². The summed E-state index contributed by atoms with van der Waals surface area (Å²) in [6.07, 6.45) is 7.34. The molecule has 1 saturated heterocycles. The smallest absolute Gasteiger partial charge is 0.410 e. The predicted octanol–water partition coefficient (Wildman–Crippen LogP) is 3.39. The Morgan fingerprint density at radius 3 is 2.45 bits per heavy atom. The van der Waals surface area contributed by atoms with Crippen molar-refractivity contribution in [3.8, 4) is 0 Å². The third kappa shape index (κ3) is 3.33. The first kappa shape index (κ1) is 15.3. The highest BCUT2D eigenvalue weighted by Crippen LogP contribution is 2.44. The fourth-order valence-corrected chi connectivity index (χ4v) is 3.62. The summed E-state index contributed by atoms with van der Waals surface area (Å²) < 4.78 is 5.45. The predicted molar refractivity (Wildman–Crippen MR) is 77.5 cm³/mol. The van der Waals surface area contributed by atoms with E-state index < -0.39 is 5.60 Å². The minimum absolute atomic E-state index is 0.276. The van der Waals surface area contributed by atoms with Crippen LogP contribution in [0.3, 0.4) is 0 Å². The van der Waals surface area contributed by atoms with E-state index in [-0.39, 0.29) is 11.5 Å². The van der Waals surface area contributed by atoms with Gasteiger partial charge in [-0.25, -0.2) is 4.79 Å². The molecule has 0 aromatic heterocycles. The number of carbonyl (C=O) groups excluding carboxylic acids is 2. The standard InChI is InChI=1S/C16H27NO3/c1-15(2,3)20-14(19)17-10-6-9-16(11-17,12-18)13-7-4-5-8-13/h12-13H,4-11H2,1-3H3. The lowest BCUT2D eigenvalue weighted by molar-refractivity contribution is -0.122. The maximum absolute atomic E-state index is 12.2. The first-order valence-electron chi connectivity index (χ1n) is 7.81. The Kier molecular flexibility index (Phi) is 4.40. The molecule has 1 heterocycles. The summed E-state index contributed by atoms with van der Waals surface area (Å²) in [5, 5.41) is 0. The van der Waals surface area contributed by atoms with E-state index in [1.54, 1.807) is 4.90 Å². The third-order valence-electron chi connectivity index (χ3n) is 4.61. The van der Waals surface area contributed by atoms with E-state index in [4.69, 9.17) is 4.74 Å². The zero-order valence-corrected chi connectivity index (χ0v) is 13.0. The molecule has 2 rings (SSSR count). The van der Waals surface area contributed by atoms with Gasteiger partial charge in [-0.1, -0.05) is 12.8 Å². The minimum atomic E-state index is -0.480. The lowest BCUT2D eigenvalue weighted by Gasteiger charge is -2.43. The quantitative estimate of drug-likeness (QED) is 0.729. The normalized spacial score (nSPS) is 28.4. The molecule has 4 heteroatoms. The molecule has 2 aliphatic rings. The molecule has 20 heavy (non-hydrogen) atoms. The second kappa shape index (κ2) is 5.74. The molecule has 1 amide bonds. The van der Waals surface area contributed by atoms with E-state index in [0.717, 1.165) is 32.0 Å². The van der Waals surface area contributed by atoms with Gasteiger partial charge in [0.25, 0.3) is 0 Å². The Balaban J connectivity index is 2.06. The molecular formula is C16H27NO3. The van der Waals surface area contributed by atoms with Gasteiger partial charge in [0, 0.05) is 18.5 Å². The van der Waals surface area contributed by atoms with Crippen LogP contribution in [0.2, 0.25) is 0 Å². The van der Waals surface area contributed by atoms with Crippen LogP contribution in [0.15, 0.2) is 0 Å².